The Balaban J connectivity index is 1.73. The molecule has 2 N–H and O–H groups in total. The van der Waals surface area contributed by atoms with Gasteiger partial charge in [-0.05, 0) is 6.42 Å². The van der Waals surface area contributed by atoms with E-state index in [9.17, 15) is 0 Å². The number of benzene rings is 1. The lowest BCUT2D eigenvalue weighted by atomic mass is 10.2. The van der Waals surface area contributed by atoms with Crippen molar-refractivity contribution in [2.75, 3.05) is 49.9 Å². The van der Waals surface area contributed by atoms with E-state index in [1.165, 1.54) is 6.33 Å². The van der Waals surface area contributed by atoms with Crippen molar-refractivity contribution in [2.45, 2.75) is 12.5 Å². The van der Waals surface area contributed by atoms with Crippen LogP contribution in [-0.2, 0) is 0 Å². The summed E-state index contributed by atoms with van der Waals surface area (Å²) in [6.07, 6.45) is 2.45. The average Bonchev–Trinajstić information content (AvgIpc) is 3.10. The van der Waals surface area contributed by atoms with Crippen LogP contribution in [-0.4, -0.2) is 50.4 Å². The number of hydrogen-bond acceptors (Lipinski definition) is 7. The molecule has 0 aliphatic carbocycles. The predicted octanol–water partition coefficient (Wildman–Crippen LogP) is 2.88. The fraction of sp³-hybridized carbons (Fsp3) is 0.412. The van der Waals surface area contributed by atoms with Crippen LogP contribution < -0.4 is 25.0 Å². The van der Waals surface area contributed by atoms with Crippen LogP contribution in [0.15, 0.2) is 24.5 Å². The highest BCUT2D eigenvalue weighted by molar-refractivity contribution is 6.32. The monoisotopic (exact) mass is 363 g/mol. The van der Waals surface area contributed by atoms with E-state index >= 15 is 0 Å². The first-order valence-corrected chi connectivity index (χ1v) is 8.45. The second-order valence-electron chi connectivity index (χ2n) is 5.78. The Bertz CT molecular complexity index is 721. The summed E-state index contributed by atoms with van der Waals surface area (Å²) in [5, 5.41) is 6.91. The molecule has 1 unspecified atom stereocenters. The maximum absolute atomic E-state index is 6.11. The van der Waals surface area contributed by atoms with Gasteiger partial charge in [0.25, 0.3) is 0 Å². The molecule has 8 heteroatoms. The van der Waals surface area contributed by atoms with Gasteiger partial charge in [0.15, 0.2) is 11.0 Å². The van der Waals surface area contributed by atoms with Gasteiger partial charge < -0.3 is 25.0 Å². The van der Waals surface area contributed by atoms with E-state index in [2.05, 4.69) is 25.5 Å². The van der Waals surface area contributed by atoms with E-state index in [4.69, 9.17) is 21.1 Å². The van der Waals surface area contributed by atoms with Gasteiger partial charge in [-0.25, -0.2) is 9.97 Å². The molecule has 1 aliphatic heterocycles. The minimum atomic E-state index is 0.260. The number of halogens is 1. The van der Waals surface area contributed by atoms with E-state index in [0.29, 0.717) is 10.8 Å². The third-order valence-corrected chi connectivity index (χ3v) is 4.57. The smallest absolute Gasteiger partial charge is 0.157 e. The molecule has 1 aliphatic rings. The molecule has 134 valence electrons. The second kappa shape index (κ2) is 7.65. The normalized spacial score (nSPS) is 16.6. The molecule has 0 amide bonds. The highest BCUT2D eigenvalue weighted by Crippen LogP contribution is 2.32. The first-order valence-electron chi connectivity index (χ1n) is 8.07. The van der Waals surface area contributed by atoms with Crippen LogP contribution in [0.1, 0.15) is 6.42 Å². The van der Waals surface area contributed by atoms with Crippen LogP contribution in [0.2, 0.25) is 5.15 Å². The summed E-state index contributed by atoms with van der Waals surface area (Å²) in [7, 11) is 5.12. The molecule has 1 atom stereocenters. The fourth-order valence-electron chi connectivity index (χ4n) is 2.98. The van der Waals surface area contributed by atoms with E-state index in [1.54, 1.807) is 21.3 Å². The largest absolute Gasteiger partial charge is 0.497 e. The molecule has 1 aromatic heterocycles. The van der Waals surface area contributed by atoms with Crippen molar-refractivity contribution in [1.82, 2.24) is 9.97 Å². The van der Waals surface area contributed by atoms with Gasteiger partial charge in [0.05, 0.1) is 14.2 Å². The number of nitrogens with one attached hydrogen (secondary N) is 2. The summed E-state index contributed by atoms with van der Waals surface area (Å²) in [4.78, 5) is 10.6. The molecule has 3 rings (SSSR count). The molecule has 0 spiro atoms. The van der Waals surface area contributed by atoms with Crippen molar-refractivity contribution in [3.8, 4) is 11.5 Å². The van der Waals surface area contributed by atoms with Gasteiger partial charge in [-0.2, -0.15) is 0 Å². The summed E-state index contributed by atoms with van der Waals surface area (Å²) in [5.74, 6) is 2.29. The van der Waals surface area contributed by atoms with E-state index in [0.717, 1.165) is 42.5 Å². The lowest BCUT2D eigenvalue weighted by molar-refractivity contribution is 0.394. The third kappa shape index (κ3) is 3.82. The van der Waals surface area contributed by atoms with Crippen LogP contribution in [0, 0.1) is 0 Å². The number of methoxy groups -OCH3 is 2. The van der Waals surface area contributed by atoms with Gasteiger partial charge in [-0.3, -0.25) is 0 Å². The van der Waals surface area contributed by atoms with Crippen LogP contribution in [0.4, 0.5) is 17.2 Å². The summed E-state index contributed by atoms with van der Waals surface area (Å²) in [5.41, 5.74) is 1.79. The quantitative estimate of drug-likeness (QED) is 0.764. The highest BCUT2D eigenvalue weighted by atomic mass is 35.5. The first kappa shape index (κ1) is 17.4. The van der Waals surface area contributed by atoms with Crippen molar-refractivity contribution < 1.29 is 9.47 Å². The van der Waals surface area contributed by atoms with Gasteiger partial charge in [0.1, 0.15) is 23.5 Å². The Morgan fingerprint density at radius 2 is 1.88 bits per heavy atom. The first-order chi connectivity index (χ1) is 12.1. The van der Waals surface area contributed by atoms with Crippen LogP contribution in [0.3, 0.4) is 0 Å². The number of rotatable bonds is 6. The Kier molecular flexibility index (Phi) is 5.33. The summed E-state index contributed by atoms with van der Waals surface area (Å²) >= 11 is 6.11. The standard InChI is InChI=1S/C17H22ClN5O2/c1-19-15-16(18)20-10-21-17(15)22-11-4-5-23(9-11)12-6-13(24-2)8-14(7-12)25-3/h6-8,10-11,19H,4-5,9H2,1-3H3,(H,20,21,22). The van der Waals surface area contributed by atoms with Crippen molar-refractivity contribution in [3.63, 3.8) is 0 Å². The van der Waals surface area contributed by atoms with Crippen LogP contribution in [0.5, 0.6) is 11.5 Å². The number of aromatic nitrogens is 2. The summed E-state index contributed by atoms with van der Waals surface area (Å²) in [6, 6.07) is 6.17. The molecule has 2 heterocycles. The van der Waals surface area contributed by atoms with Gasteiger partial charge in [0.2, 0.25) is 0 Å². The molecular weight excluding hydrogens is 342 g/mol. The van der Waals surface area contributed by atoms with Crippen molar-refractivity contribution in [3.05, 3.63) is 29.7 Å². The highest BCUT2D eigenvalue weighted by Gasteiger charge is 2.25. The zero-order valence-electron chi connectivity index (χ0n) is 14.5. The number of anilines is 3. The summed E-state index contributed by atoms with van der Waals surface area (Å²) < 4.78 is 10.7. The molecule has 0 saturated carbocycles. The Hall–Kier alpha value is -2.41. The number of hydrogen-bond donors (Lipinski definition) is 2. The lowest BCUT2D eigenvalue weighted by Gasteiger charge is -2.21. The van der Waals surface area contributed by atoms with Gasteiger partial charge in [-0.1, -0.05) is 11.6 Å². The number of ether oxygens (including phenoxy) is 2. The van der Waals surface area contributed by atoms with Crippen molar-refractivity contribution in [1.29, 1.82) is 0 Å². The van der Waals surface area contributed by atoms with E-state index in [-0.39, 0.29) is 6.04 Å². The summed E-state index contributed by atoms with van der Waals surface area (Å²) in [6.45, 7) is 1.78. The third-order valence-electron chi connectivity index (χ3n) is 4.28. The van der Waals surface area contributed by atoms with Gasteiger partial charge >= 0.3 is 0 Å². The van der Waals surface area contributed by atoms with Gasteiger partial charge in [0, 0.05) is 50.1 Å². The molecule has 1 saturated heterocycles. The topological polar surface area (TPSA) is 71.5 Å². The van der Waals surface area contributed by atoms with Crippen LogP contribution in [0.25, 0.3) is 0 Å². The zero-order valence-corrected chi connectivity index (χ0v) is 15.3. The molecule has 1 fully saturated rings. The molecule has 1 aromatic carbocycles. The minimum absolute atomic E-state index is 0.260. The van der Waals surface area contributed by atoms with E-state index < -0.39 is 0 Å². The Morgan fingerprint density at radius 3 is 2.52 bits per heavy atom. The van der Waals surface area contributed by atoms with E-state index in [1.807, 2.05) is 18.2 Å². The van der Waals surface area contributed by atoms with Crippen molar-refractivity contribution >= 4 is 28.8 Å². The molecule has 25 heavy (non-hydrogen) atoms. The van der Waals surface area contributed by atoms with Crippen LogP contribution >= 0.6 is 11.6 Å². The minimum Gasteiger partial charge on any atom is -0.497 e. The van der Waals surface area contributed by atoms with Gasteiger partial charge in [-0.15, -0.1) is 0 Å². The maximum atomic E-state index is 6.11. The molecule has 7 nitrogen and oxygen atoms in total. The molecular formula is C17H22ClN5O2. The molecule has 0 radical (unpaired) electrons. The second-order valence-corrected chi connectivity index (χ2v) is 6.14. The predicted molar refractivity (Wildman–Crippen MR) is 100 cm³/mol. The SMILES string of the molecule is CNc1c(Cl)ncnc1NC1CCN(c2cc(OC)cc(OC)c2)C1. The molecule has 2 aromatic rings. The Labute approximate surface area is 152 Å². The average molecular weight is 364 g/mol. The van der Waals surface area contributed by atoms with Crippen molar-refractivity contribution in [2.24, 2.45) is 0 Å². The Morgan fingerprint density at radius 1 is 1.16 bits per heavy atom. The zero-order chi connectivity index (χ0) is 17.8. The lowest BCUT2D eigenvalue weighted by Crippen LogP contribution is -2.26. The fourth-order valence-corrected chi connectivity index (χ4v) is 3.20. The maximum Gasteiger partial charge on any atom is 0.157 e. The number of nitrogens with zero attached hydrogens (tertiary/aromatic N) is 3. The molecule has 0 bridgehead atoms.